The minimum Gasteiger partial charge on any atom is -0.255 e. The molecule has 0 N–H and O–H groups in total. The summed E-state index contributed by atoms with van der Waals surface area (Å²) in [5.41, 5.74) is 0.835. The highest BCUT2D eigenvalue weighted by atomic mass is 35.5. The minimum absolute atomic E-state index is 0.261. The van der Waals surface area contributed by atoms with Crippen molar-refractivity contribution in [2.45, 2.75) is 19.4 Å². The Labute approximate surface area is 121 Å². The zero-order valence-corrected chi connectivity index (χ0v) is 12.6. The molecular formula is C12H13ClN2O2S2. The highest BCUT2D eigenvalue weighted by Crippen LogP contribution is 2.31. The first-order chi connectivity index (χ1) is 9.06. The van der Waals surface area contributed by atoms with Crippen LogP contribution in [-0.2, 0) is 16.6 Å². The largest absolute Gasteiger partial charge is 0.255 e. The van der Waals surface area contributed by atoms with Crippen molar-refractivity contribution >= 4 is 43.2 Å². The molecule has 2 aromatic rings. The lowest BCUT2D eigenvalue weighted by Gasteiger charge is -2.25. The summed E-state index contributed by atoms with van der Waals surface area (Å²) >= 11 is 7.63. The van der Waals surface area contributed by atoms with E-state index in [4.69, 9.17) is 11.6 Å². The van der Waals surface area contributed by atoms with Crippen LogP contribution < -0.4 is 0 Å². The molecule has 0 bridgehead atoms. The lowest BCUT2D eigenvalue weighted by atomic mass is 10.3. The Morgan fingerprint density at radius 2 is 2.26 bits per heavy atom. The Bertz CT molecular complexity index is 712. The molecule has 0 unspecified atom stereocenters. The summed E-state index contributed by atoms with van der Waals surface area (Å²) < 4.78 is 26.4. The van der Waals surface area contributed by atoms with Crippen LogP contribution in [-0.4, -0.2) is 30.0 Å². The van der Waals surface area contributed by atoms with Gasteiger partial charge >= 0.3 is 0 Å². The molecule has 4 nitrogen and oxygen atoms in total. The molecule has 0 aromatic carbocycles. The number of sulfonamides is 1. The molecule has 1 aliphatic heterocycles. The molecule has 0 spiro atoms. The zero-order chi connectivity index (χ0) is 13.5. The van der Waals surface area contributed by atoms with Crippen LogP contribution in [0.3, 0.4) is 0 Å². The molecule has 1 fully saturated rings. The molecule has 0 amide bonds. The fourth-order valence-electron chi connectivity index (χ4n) is 2.23. The third-order valence-corrected chi connectivity index (χ3v) is 6.67. The smallest absolute Gasteiger partial charge is 0.214 e. The number of halogens is 1. The molecule has 0 saturated carbocycles. The van der Waals surface area contributed by atoms with Crippen LogP contribution in [0.4, 0.5) is 0 Å². The second-order valence-corrected chi connectivity index (χ2v) is 8.21. The number of hydrogen-bond acceptors (Lipinski definition) is 4. The SMILES string of the molecule is O=S1(=O)CCCCN1Cc1cc2nccc(Cl)c2s1. The van der Waals surface area contributed by atoms with E-state index in [1.165, 1.54) is 11.3 Å². The van der Waals surface area contributed by atoms with Crippen molar-refractivity contribution in [3.05, 3.63) is 28.2 Å². The second-order valence-electron chi connectivity index (χ2n) is 4.58. The van der Waals surface area contributed by atoms with Gasteiger partial charge in [0, 0.05) is 24.2 Å². The number of hydrogen-bond donors (Lipinski definition) is 0. The van der Waals surface area contributed by atoms with E-state index in [0.717, 1.165) is 27.9 Å². The summed E-state index contributed by atoms with van der Waals surface area (Å²) in [6, 6.07) is 3.68. The number of aromatic nitrogens is 1. The van der Waals surface area contributed by atoms with Crippen LogP contribution in [0.15, 0.2) is 18.3 Å². The zero-order valence-electron chi connectivity index (χ0n) is 10.2. The molecule has 7 heteroatoms. The van der Waals surface area contributed by atoms with Gasteiger partial charge in [0.25, 0.3) is 0 Å². The van der Waals surface area contributed by atoms with E-state index in [9.17, 15) is 8.42 Å². The van der Waals surface area contributed by atoms with Crippen molar-refractivity contribution in [3.8, 4) is 0 Å². The number of nitrogens with zero attached hydrogens (tertiary/aromatic N) is 2. The Kier molecular flexibility index (Phi) is 3.51. The number of fused-ring (bicyclic) bond motifs is 1. The van der Waals surface area contributed by atoms with E-state index >= 15 is 0 Å². The summed E-state index contributed by atoms with van der Waals surface area (Å²) in [4.78, 5) is 5.24. The van der Waals surface area contributed by atoms with Gasteiger partial charge in [-0.15, -0.1) is 11.3 Å². The monoisotopic (exact) mass is 316 g/mol. The lowest BCUT2D eigenvalue weighted by Crippen LogP contribution is -2.36. The lowest BCUT2D eigenvalue weighted by molar-refractivity contribution is 0.381. The van der Waals surface area contributed by atoms with E-state index in [2.05, 4.69) is 4.98 Å². The fraction of sp³-hybridized carbons (Fsp3) is 0.417. The average molecular weight is 317 g/mol. The van der Waals surface area contributed by atoms with Crippen molar-refractivity contribution in [3.63, 3.8) is 0 Å². The summed E-state index contributed by atoms with van der Waals surface area (Å²) in [5, 5.41) is 0.669. The van der Waals surface area contributed by atoms with Crippen molar-refractivity contribution in [2.24, 2.45) is 0 Å². The quantitative estimate of drug-likeness (QED) is 0.856. The molecule has 0 atom stereocenters. The van der Waals surface area contributed by atoms with Crippen molar-refractivity contribution < 1.29 is 8.42 Å². The number of thiophene rings is 1. The number of rotatable bonds is 2. The van der Waals surface area contributed by atoms with Crippen LogP contribution >= 0.6 is 22.9 Å². The van der Waals surface area contributed by atoms with Gasteiger partial charge in [-0.3, -0.25) is 4.98 Å². The molecule has 19 heavy (non-hydrogen) atoms. The van der Waals surface area contributed by atoms with Crippen molar-refractivity contribution in [1.82, 2.24) is 9.29 Å². The third kappa shape index (κ3) is 2.63. The van der Waals surface area contributed by atoms with E-state index in [0.29, 0.717) is 18.1 Å². The summed E-state index contributed by atoms with van der Waals surface area (Å²) in [6.45, 7) is 1.04. The first kappa shape index (κ1) is 13.3. The molecule has 2 aromatic heterocycles. The van der Waals surface area contributed by atoms with Crippen LogP contribution in [0.1, 0.15) is 17.7 Å². The number of pyridine rings is 1. The van der Waals surface area contributed by atoms with Crippen LogP contribution in [0.2, 0.25) is 5.02 Å². The first-order valence-corrected chi connectivity index (χ1v) is 8.87. The standard InChI is InChI=1S/C12H13ClN2O2S2/c13-10-3-4-14-11-7-9(18-12(10)11)8-15-5-1-2-6-19(15,16)17/h3-4,7H,1-2,5-6,8H2. The van der Waals surface area contributed by atoms with Gasteiger partial charge in [-0.2, -0.15) is 4.31 Å². The van der Waals surface area contributed by atoms with Crippen molar-refractivity contribution in [2.75, 3.05) is 12.3 Å². The molecule has 0 radical (unpaired) electrons. The van der Waals surface area contributed by atoms with Gasteiger partial charge < -0.3 is 0 Å². The molecule has 0 aliphatic carbocycles. The van der Waals surface area contributed by atoms with E-state index in [-0.39, 0.29) is 5.75 Å². The maximum Gasteiger partial charge on any atom is 0.214 e. The normalized spacial score (nSPS) is 19.8. The van der Waals surface area contributed by atoms with Crippen molar-refractivity contribution in [1.29, 1.82) is 0 Å². The van der Waals surface area contributed by atoms with Gasteiger partial charge in [0.05, 0.1) is 21.0 Å². The predicted octanol–water partition coefficient (Wildman–Crippen LogP) is 2.88. The van der Waals surface area contributed by atoms with Gasteiger partial charge in [-0.1, -0.05) is 11.6 Å². The molecular weight excluding hydrogens is 304 g/mol. The average Bonchev–Trinajstić information content (AvgIpc) is 2.76. The van der Waals surface area contributed by atoms with Gasteiger partial charge in [0.1, 0.15) is 0 Å². The minimum atomic E-state index is -3.08. The van der Waals surface area contributed by atoms with E-state index in [1.54, 1.807) is 16.6 Å². The fourth-order valence-corrected chi connectivity index (χ4v) is 5.18. The van der Waals surface area contributed by atoms with Gasteiger partial charge in [0.15, 0.2) is 0 Å². The third-order valence-electron chi connectivity index (χ3n) is 3.20. The summed E-state index contributed by atoms with van der Waals surface area (Å²) in [7, 11) is -3.08. The van der Waals surface area contributed by atoms with Crippen LogP contribution in [0.25, 0.3) is 10.2 Å². The summed E-state index contributed by atoms with van der Waals surface area (Å²) in [5.74, 6) is 0.261. The molecule has 102 valence electrons. The molecule has 3 rings (SSSR count). The maximum atomic E-state index is 12.0. The Morgan fingerprint density at radius 3 is 3.00 bits per heavy atom. The highest BCUT2D eigenvalue weighted by Gasteiger charge is 2.26. The second kappa shape index (κ2) is 5.01. The molecule has 1 saturated heterocycles. The van der Waals surface area contributed by atoms with E-state index < -0.39 is 10.0 Å². The predicted molar refractivity (Wildman–Crippen MR) is 78.1 cm³/mol. The Hall–Kier alpha value is -0.690. The first-order valence-electron chi connectivity index (χ1n) is 6.07. The van der Waals surface area contributed by atoms with Crippen LogP contribution in [0.5, 0.6) is 0 Å². The van der Waals surface area contributed by atoms with E-state index in [1.807, 2.05) is 6.07 Å². The van der Waals surface area contributed by atoms with Gasteiger partial charge in [0.2, 0.25) is 10.0 Å². The summed E-state index contributed by atoms with van der Waals surface area (Å²) in [6.07, 6.45) is 3.36. The Balaban J connectivity index is 1.91. The topological polar surface area (TPSA) is 50.3 Å². The molecule has 1 aliphatic rings. The van der Waals surface area contributed by atoms with Crippen LogP contribution in [0, 0.1) is 0 Å². The van der Waals surface area contributed by atoms with Gasteiger partial charge in [-0.05, 0) is 25.0 Å². The Morgan fingerprint density at radius 1 is 1.42 bits per heavy atom. The molecule has 3 heterocycles. The van der Waals surface area contributed by atoms with Gasteiger partial charge in [-0.25, -0.2) is 8.42 Å². The maximum absolute atomic E-state index is 12.0. The highest BCUT2D eigenvalue weighted by molar-refractivity contribution is 7.89.